The van der Waals surface area contributed by atoms with Gasteiger partial charge in [0.05, 0.1) is 12.9 Å². The lowest BCUT2D eigenvalue weighted by Crippen LogP contribution is -2.30. The van der Waals surface area contributed by atoms with Crippen LogP contribution in [-0.4, -0.2) is 40.9 Å². The molecule has 1 rings (SSSR count). The van der Waals surface area contributed by atoms with Crippen molar-refractivity contribution in [2.24, 2.45) is 0 Å². The van der Waals surface area contributed by atoms with Gasteiger partial charge in [-0.1, -0.05) is 25.1 Å². The minimum Gasteiger partial charge on any atom is -0.395 e. The van der Waals surface area contributed by atoms with E-state index in [0.717, 1.165) is 11.1 Å². The van der Waals surface area contributed by atoms with Crippen molar-refractivity contribution in [2.45, 2.75) is 20.8 Å². The standard InChI is InChI=1S/C13H22NO3P/c1-4-14(8-9-15)10-18(16,17)13-11(2)6-5-7-12(13)3/h5-7,15H,4,8-10H2,1-3H3,(H,16,17). The Morgan fingerprint density at radius 1 is 1.28 bits per heavy atom. The summed E-state index contributed by atoms with van der Waals surface area (Å²) in [7, 11) is -3.41. The van der Waals surface area contributed by atoms with Crippen molar-refractivity contribution in [3.8, 4) is 0 Å². The summed E-state index contributed by atoms with van der Waals surface area (Å²) in [6.07, 6.45) is 0.0930. The Bertz CT molecular complexity index is 428. The van der Waals surface area contributed by atoms with E-state index in [2.05, 4.69) is 0 Å². The number of hydrogen-bond donors (Lipinski definition) is 2. The van der Waals surface area contributed by atoms with E-state index < -0.39 is 7.37 Å². The van der Waals surface area contributed by atoms with Crippen LogP contribution in [0.1, 0.15) is 18.1 Å². The van der Waals surface area contributed by atoms with Crippen LogP contribution in [0.5, 0.6) is 0 Å². The highest BCUT2D eigenvalue weighted by atomic mass is 31.2. The van der Waals surface area contributed by atoms with Crippen LogP contribution < -0.4 is 5.30 Å². The fourth-order valence-electron chi connectivity index (χ4n) is 2.17. The monoisotopic (exact) mass is 271 g/mol. The van der Waals surface area contributed by atoms with Crippen molar-refractivity contribution >= 4 is 12.7 Å². The van der Waals surface area contributed by atoms with E-state index in [4.69, 9.17) is 5.11 Å². The summed E-state index contributed by atoms with van der Waals surface area (Å²) >= 11 is 0. The second-order valence-corrected chi connectivity index (χ2v) is 6.65. The summed E-state index contributed by atoms with van der Waals surface area (Å²) in [6, 6.07) is 5.60. The number of hydrogen-bond acceptors (Lipinski definition) is 3. The van der Waals surface area contributed by atoms with Gasteiger partial charge in [-0.25, -0.2) is 0 Å². The first-order valence-corrected chi connectivity index (χ1v) is 7.98. The number of aryl methyl sites for hydroxylation is 2. The molecule has 102 valence electrons. The van der Waals surface area contributed by atoms with Gasteiger partial charge in [0.1, 0.15) is 0 Å². The molecule has 0 heterocycles. The molecule has 2 N–H and O–H groups in total. The zero-order valence-electron chi connectivity index (χ0n) is 11.3. The van der Waals surface area contributed by atoms with E-state index in [0.29, 0.717) is 18.4 Å². The SMILES string of the molecule is CCN(CCO)CP(=O)(O)c1c(C)cccc1C. The van der Waals surface area contributed by atoms with Gasteiger partial charge in [-0.15, -0.1) is 0 Å². The van der Waals surface area contributed by atoms with Crippen molar-refractivity contribution in [3.05, 3.63) is 29.3 Å². The van der Waals surface area contributed by atoms with Crippen LogP contribution in [0.4, 0.5) is 0 Å². The minimum absolute atomic E-state index is 0.000589. The Kier molecular flexibility index (Phi) is 5.54. The van der Waals surface area contributed by atoms with Gasteiger partial charge in [0.15, 0.2) is 0 Å². The highest BCUT2D eigenvalue weighted by Gasteiger charge is 2.27. The van der Waals surface area contributed by atoms with E-state index in [1.54, 1.807) is 4.90 Å². The number of nitrogens with zero attached hydrogens (tertiary/aromatic N) is 1. The van der Waals surface area contributed by atoms with Crippen molar-refractivity contribution in [1.82, 2.24) is 4.90 Å². The molecular formula is C13H22NO3P. The van der Waals surface area contributed by atoms with Gasteiger partial charge in [-0.2, -0.15) is 0 Å². The average Bonchev–Trinajstić information content (AvgIpc) is 2.27. The molecule has 0 aliphatic rings. The Morgan fingerprint density at radius 3 is 2.28 bits per heavy atom. The van der Waals surface area contributed by atoms with Gasteiger partial charge in [0.25, 0.3) is 0 Å². The van der Waals surface area contributed by atoms with Crippen LogP contribution in [0.3, 0.4) is 0 Å². The molecule has 0 saturated carbocycles. The summed E-state index contributed by atoms with van der Waals surface area (Å²) in [5.74, 6) is 0. The maximum Gasteiger partial charge on any atom is 0.243 e. The molecule has 0 amide bonds. The topological polar surface area (TPSA) is 60.8 Å². The third kappa shape index (κ3) is 3.66. The summed E-state index contributed by atoms with van der Waals surface area (Å²) < 4.78 is 12.5. The fraction of sp³-hybridized carbons (Fsp3) is 0.538. The fourth-order valence-corrected chi connectivity index (χ4v) is 4.45. The molecule has 0 spiro atoms. The van der Waals surface area contributed by atoms with Crippen molar-refractivity contribution in [1.29, 1.82) is 0 Å². The quantitative estimate of drug-likeness (QED) is 0.769. The lowest BCUT2D eigenvalue weighted by atomic mass is 10.2. The van der Waals surface area contributed by atoms with Gasteiger partial charge in [0.2, 0.25) is 7.37 Å². The lowest BCUT2D eigenvalue weighted by Gasteiger charge is -2.24. The molecule has 0 radical (unpaired) electrons. The number of benzene rings is 1. The highest BCUT2D eigenvalue weighted by molar-refractivity contribution is 7.66. The second-order valence-electron chi connectivity index (χ2n) is 4.52. The maximum atomic E-state index is 12.5. The molecular weight excluding hydrogens is 249 g/mol. The molecule has 1 aromatic carbocycles. The van der Waals surface area contributed by atoms with E-state index >= 15 is 0 Å². The largest absolute Gasteiger partial charge is 0.395 e. The van der Waals surface area contributed by atoms with E-state index in [1.165, 1.54) is 0 Å². The summed E-state index contributed by atoms with van der Waals surface area (Å²) in [5.41, 5.74) is 1.70. The number of aliphatic hydroxyl groups excluding tert-OH is 1. The van der Waals surface area contributed by atoms with Gasteiger partial charge in [0, 0.05) is 11.8 Å². The summed E-state index contributed by atoms with van der Waals surface area (Å²) in [5, 5.41) is 9.49. The molecule has 0 fully saturated rings. The first-order valence-electron chi connectivity index (χ1n) is 6.14. The molecule has 0 aliphatic heterocycles. The summed E-state index contributed by atoms with van der Waals surface area (Å²) in [6.45, 7) is 6.70. The zero-order chi connectivity index (χ0) is 13.8. The van der Waals surface area contributed by atoms with Gasteiger partial charge >= 0.3 is 0 Å². The summed E-state index contributed by atoms with van der Waals surface area (Å²) in [4.78, 5) is 12.1. The molecule has 0 aromatic heterocycles. The smallest absolute Gasteiger partial charge is 0.243 e. The van der Waals surface area contributed by atoms with Crippen LogP contribution in [-0.2, 0) is 4.57 Å². The lowest BCUT2D eigenvalue weighted by molar-refractivity contribution is 0.217. The van der Waals surface area contributed by atoms with Crippen molar-refractivity contribution in [3.63, 3.8) is 0 Å². The van der Waals surface area contributed by atoms with Crippen molar-refractivity contribution < 1.29 is 14.6 Å². The molecule has 0 bridgehead atoms. The first-order chi connectivity index (χ1) is 8.42. The molecule has 4 nitrogen and oxygen atoms in total. The molecule has 0 saturated heterocycles. The number of rotatable bonds is 6. The van der Waals surface area contributed by atoms with Gasteiger partial charge in [-0.05, 0) is 31.5 Å². The Labute approximate surface area is 109 Å². The predicted molar refractivity (Wildman–Crippen MR) is 74.6 cm³/mol. The molecule has 1 unspecified atom stereocenters. The van der Waals surface area contributed by atoms with Crippen LogP contribution in [0.2, 0.25) is 0 Å². The molecule has 1 atom stereocenters. The highest BCUT2D eigenvalue weighted by Crippen LogP contribution is 2.42. The maximum absolute atomic E-state index is 12.5. The van der Waals surface area contributed by atoms with Gasteiger partial charge < -0.3 is 10.00 Å². The zero-order valence-corrected chi connectivity index (χ0v) is 12.2. The predicted octanol–water partition coefficient (Wildman–Crippen LogP) is 1.47. The number of likely N-dealkylation sites (N-methyl/N-ethyl adjacent to an activating group) is 1. The minimum atomic E-state index is -3.41. The van der Waals surface area contributed by atoms with Gasteiger partial charge in [-0.3, -0.25) is 9.46 Å². The molecule has 18 heavy (non-hydrogen) atoms. The molecule has 1 aromatic rings. The van der Waals surface area contributed by atoms with E-state index in [1.807, 2.05) is 39.0 Å². The van der Waals surface area contributed by atoms with Crippen molar-refractivity contribution in [2.75, 3.05) is 26.0 Å². The Balaban J connectivity index is 3.02. The van der Waals surface area contributed by atoms with E-state index in [-0.39, 0.29) is 12.9 Å². The molecule has 0 aliphatic carbocycles. The Hall–Kier alpha value is -0.670. The van der Waals surface area contributed by atoms with Crippen LogP contribution in [0.25, 0.3) is 0 Å². The number of aliphatic hydroxyl groups is 1. The Morgan fingerprint density at radius 2 is 1.83 bits per heavy atom. The van der Waals surface area contributed by atoms with Crippen LogP contribution in [0, 0.1) is 13.8 Å². The average molecular weight is 271 g/mol. The third-order valence-corrected chi connectivity index (χ3v) is 5.23. The van der Waals surface area contributed by atoms with E-state index in [9.17, 15) is 9.46 Å². The molecule has 5 heteroatoms. The normalized spacial score (nSPS) is 14.8. The van der Waals surface area contributed by atoms with Crippen LogP contribution in [0.15, 0.2) is 18.2 Å². The second kappa shape index (κ2) is 6.48. The van der Waals surface area contributed by atoms with Crippen LogP contribution >= 0.6 is 7.37 Å². The third-order valence-electron chi connectivity index (χ3n) is 3.04. The first kappa shape index (κ1) is 15.4.